The van der Waals surface area contributed by atoms with E-state index in [-0.39, 0.29) is 6.01 Å². The molecule has 2 heterocycles. The molecule has 2 aromatic heterocycles. The first kappa shape index (κ1) is 7.02. The van der Waals surface area contributed by atoms with Gasteiger partial charge in [-0.05, 0) is 6.92 Å². The highest BCUT2D eigenvalue weighted by Crippen LogP contribution is 2.19. The molecule has 2 rings (SSSR count). The fourth-order valence-electron chi connectivity index (χ4n) is 1.12. The lowest BCUT2D eigenvalue weighted by Crippen LogP contribution is -1.95. The van der Waals surface area contributed by atoms with Gasteiger partial charge in [0.25, 0.3) is 6.01 Å². The predicted molar refractivity (Wildman–Crippen MR) is 46.9 cm³/mol. The van der Waals surface area contributed by atoms with Crippen LogP contribution in [0.5, 0.6) is 0 Å². The van der Waals surface area contributed by atoms with Crippen LogP contribution < -0.4 is 11.1 Å². The molecule has 0 atom stereocenters. The summed E-state index contributed by atoms with van der Waals surface area (Å²) >= 11 is 0. The van der Waals surface area contributed by atoms with Gasteiger partial charge >= 0.3 is 0 Å². The van der Waals surface area contributed by atoms with Crippen LogP contribution >= 0.6 is 0 Å². The van der Waals surface area contributed by atoms with E-state index in [0.717, 1.165) is 12.4 Å². The molecule has 0 aliphatic rings. The molecule has 0 aromatic carbocycles. The normalized spacial score (nSPS) is 10.8. The van der Waals surface area contributed by atoms with E-state index in [2.05, 4.69) is 15.3 Å². The second-order valence-electron chi connectivity index (χ2n) is 2.48. The van der Waals surface area contributed by atoms with E-state index < -0.39 is 0 Å². The molecular formula is C7H10N4O. The van der Waals surface area contributed by atoms with Crippen molar-refractivity contribution in [2.75, 3.05) is 17.6 Å². The zero-order chi connectivity index (χ0) is 8.55. The molecule has 0 saturated carbocycles. The lowest BCUT2D eigenvalue weighted by molar-refractivity contribution is 0.626. The number of oxazole rings is 1. The summed E-state index contributed by atoms with van der Waals surface area (Å²) in [5, 5.41) is 3.11. The van der Waals surface area contributed by atoms with Gasteiger partial charge in [-0.25, -0.2) is 0 Å². The van der Waals surface area contributed by atoms with Crippen LogP contribution in [-0.2, 0) is 0 Å². The van der Waals surface area contributed by atoms with Gasteiger partial charge < -0.3 is 20.5 Å². The van der Waals surface area contributed by atoms with Crippen molar-refractivity contribution in [3.8, 4) is 0 Å². The number of aromatic nitrogens is 2. The van der Waals surface area contributed by atoms with Crippen molar-refractivity contribution in [3.05, 3.63) is 6.07 Å². The summed E-state index contributed by atoms with van der Waals surface area (Å²) < 4.78 is 5.09. The number of aromatic amines is 1. The maximum Gasteiger partial charge on any atom is 0.294 e. The molecule has 0 aliphatic carbocycles. The number of H-pyrrole nitrogens is 1. The minimum atomic E-state index is 0.194. The largest absolute Gasteiger partial charge is 0.422 e. The number of nitrogens with one attached hydrogen (secondary N) is 2. The van der Waals surface area contributed by atoms with Gasteiger partial charge in [-0.2, -0.15) is 4.98 Å². The molecule has 0 bridgehead atoms. The Morgan fingerprint density at radius 2 is 2.58 bits per heavy atom. The van der Waals surface area contributed by atoms with Crippen LogP contribution in [0.25, 0.3) is 11.2 Å². The first-order valence-electron chi connectivity index (χ1n) is 3.78. The van der Waals surface area contributed by atoms with Crippen molar-refractivity contribution in [1.29, 1.82) is 0 Å². The van der Waals surface area contributed by atoms with Gasteiger partial charge in [0.2, 0.25) is 0 Å². The van der Waals surface area contributed by atoms with Crippen molar-refractivity contribution in [2.45, 2.75) is 6.92 Å². The molecule has 12 heavy (non-hydrogen) atoms. The smallest absolute Gasteiger partial charge is 0.294 e. The quantitative estimate of drug-likeness (QED) is 0.625. The van der Waals surface area contributed by atoms with Gasteiger partial charge in [0.1, 0.15) is 5.82 Å². The van der Waals surface area contributed by atoms with Crippen molar-refractivity contribution < 1.29 is 4.42 Å². The Kier molecular flexibility index (Phi) is 1.43. The van der Waals surface area contributed by atoms with Gasteiger partial charge in [0, 0.05) is 12.6 Å². The van der Waals surface area contributed by atoms with E-state index in [1.54, 1.807) is 0 Å². The van der Waals surface area contributed by atoms with Crippen LogP contribution in [-0.4, -0.2) is 16.5 Å². The van der Waals surface area contributed by atoms with E-state index >= 15 is 0 Å². The Morgan fingerprint density at radius 1 is 1.75 bits per heavy atom. The number of fused-ring (bicyclic) bond motifs is 1. The fraction of sp³-hybridized carbons (Fsp3) is 0.286. The van der Waals surface area contributed by atoms with Crippen LogP contribution in [0, 0.1) is 0 Å². The average molecular weight is 166 g/mol. The first-order valence-corrected chi connectivity index (χ1v) is 3.78. The number of nitrogens with zero attached hydrogens (tertiary/aromatic N) is 1. The van der Waals surface area contributed by atoms with Gasteiger partial charge in [-0.1, -0.05) is 0 Å². The molecule has 0 spiro atoms. The number of anilines is 2. The summed E-state index contributed by atoms with van der Waals surface area (Å²) in [7, 11) is 0. The standard InChI is InChI=1S/C7H10N4O/c1-2-9-5-3-4-6(10-5)11-7(8)12-4/h3,9-10H,2H2,1H3,(H2,8,11). The topological polar surface area (TPSA) is 79.9 Å². The molecule has 2 aromatic rings. The van der Waals surface area contributed by atoms with Crippen LogP contribution in [0.15, 0.2) is 10.5 Å². The van der Waals surface area contributed by atoms with Crippen LogP contribution in [0.3, 0.4) is 0 Å². The molecule has 5 nitrogen and oxygen atoms in total. The second kappa shape index (κ2) is 2.44. The Balaban J connectivity index is 2.43. The van der Waals surface area contributed by atoms with Crippen molar-refractivity contribution >= 4 is 23.1 Å². The van der Waals surface area contributed by atoms with E-state index in [0.29, 0.717) is 11.2 Å². The molecule has 0 saturated heterocycles. The molecule has 0 radical (unpaired) electrons. The summed E-state index contributed by atoms with van der Waals surface area (Å²) in [6, 6.07) is 2.03. The summed E-state index contributed by atoms with van der Waals surface area (Å²) in [6.07, 6.45) is 0. The minimum absolute atomic E-state index is 0.194. The molecule has 4 N–H and O–H groups in total. The Labute approximate surface area is 69.0 Å². The van der Waals surface area contributed by atoms with Crippen LogP contribution in [0.1, 0.15) is 6.92 Å². The third kappa shape index (κ3) is 0.990. The zero-order valence-corrected chi connectivity index (χ0v) is 6.72. The summed E-state index contributed by atoms with van der Waals surface area (Å²) in [4.78, 5) is 6.95. The Morgan fingerprint density at radius 3 is 3.25 bits per heavy atom. The summed E-state index contributed by atoms with van der Waals surface area (Å²) in [6.45, 7) is 2.88. The molecular weight excluding hydrogens is 156 g/mol. The van der Waals surface area contributed by atoms with Crippen molar-refractivity contribution in [1.82, 2.24) is 9.97 Å². The van der Waals surface area contributed by atoms with Gasteiger partial charge in [0.05, 0.1) is 0 Å². The Bertz CT molecular complexity index is 357. The third-order valence-electron chi connectivity index (χ3n) is 1.57. The minimum Gasteiger partial charge on any atom is -0.422 e. The van der Waals surface area contributed by atoms with E-state index in [1.165, 1.54) is 0 Å². The number of hydrogen-bond donors (Lipinski definition) is 3. The maximum atomic E-state index is 5.34. The SMILES string of the molecule is CCNc1cc2oc(N)nc2[nH]1. The molecule has 0 aliphatic heterocycles. The lowest BCUT2D eigenvalue weighted by atomic mass is 10.5. The maximum absolute atomic E-state index is 5.34. The molecule has 64 valence electrons. The van der Waals surface area contributed by atoms with Gasteiger partial charge in [-0.3, -0.25) is 0 Å². The predicted octanol–water partition coefficient (Wildman–Crippen LogP) is 1.17. The fourth-order valence-corrected chi connectivity index (χ4v) is 1.12. The second-order valence-corrected chi connectivity index (χ2v) is 2.48. The number of hydrogen-bond acceptors (Lipinski definition) is 4. The van der Waals surface area contributed by atoms with Crippen molar-refractivity contribution in [3.63, 3.8) is 0 Å². The summed E-state index contributed by atoms with van der Waals surface area (Å²) in [5.74, 6) is 0.902. The highest BCUT2D eigenvalue weighted by molar-refractivity contribution is 5.76. The van der Waals surface area contributed by atoms with E-state index in [1.807, 2.05) is 13.0 Å². The first-order chi connectivity index (χ1) is 5.79. The van der Waals surface area contributed by atoms with E-state index in [4.69, 9.17) is 10.2 Å². The number of nitrogen functional groups attached to an aromatic ring is 1. The monoisotopic (exact) mass is 166 g/mol. The van der Waals surface area contributed by atoms with Gasteiger partial charge in [0.15, 0.2) is 11.2 Å². The third-order valence-corrected chi connectivity index (χ3v) is 1.57. The molecule has 0 amide bonds. The number of nitrogens with two attached hydrogens (primary N) is 1. The zero-order valence-electron chi connectivity index (χ0n) is 6.72. The molecule has 0 unspecified atom stereocenters. The van der Waals surface area contributed by atoms with Crippen LogP contribution in [0.4, 0.5) is 11.8 Å². The summed E-state index contributed by atoms with van der Waals surface area (Å²) in [5.41, 5.74) is 6.71. The highest BCUT2D eigenvalue weighted by Gasteiger charge is 2.05. The molecule has 0 fully saturated rings. The average Bonchev–Trinajstić information content (AvgIpc) is 2.44. The Hall–Kier alpha value is -1.65. The number of rotatable bonds is 2. The highest BCUT2D eigenvalue weighted by atomic mass is 16.4. The lowest BCUT2D eigenvalue weighted by Gasteiger charge is -1.95. The van der Waals surface area contributed by atoms with Crippen molar-refractivity contribution in [2.24, 2.45) is 0 Å². The van der Waals surface area contributed by atoms with E-state index in [9.17, 15) is 0 Å². The van der Waals surface area contributed by atoms with Crippen LogP contribution in [0.2, 0.25) is 0 Å². The van der Waals surface area contributed by atoms with Gasteiger partial charge in [-0.15, -0.1) is 0 Å². The molecule has 5 heteroatoms.